The maximum atomic E-state index is 13.6. The van der Waals surface area contributed by atoms with Crippen LogP contribution in [0.2, 0.25) is 0 Å². The van der Waals surface area contributed by atoms with E-state index in [0.717, 1.165) is 19.4 Å². The van der Waals surface area contributed by atoms with Gasteiger partial charge in [0.2, 0.25) is 0 Å². The molecular weight excluding hydrogens is 223 g/mol. The predicted molar refractivity (Wildman–Crippen MR) is 61.5 cm³/mol. The van der Waals surface area contributed by atoms with Gasteiger partial charge in [-0.25, -0.2) is 4.39 Å². The van der Waals surface area contributed by atoms with Crippen molar-refractivity contribution >= 4 is 0 Å². The lowest BCUT2D eigenvalue weighted by molar-refractivity contribution is 0.0665. The largest absolute Gasteiger partial charge is 0.488 e. The lowest BCUT2D eigenvalue weighted by Gasteiger charge is -2.13. The van der Waals surface area contributed by atoms with Crippen molar-refractivity contribution in [2.24, 2.45) is 0 Å². The van der Waals surface area contributed by atoms with Crippen LogP contribution in [0.25, 0.3) is 0 Å². The summed E-state index contributed by atoms with van der Waals surface area (Å²) in [6, 6.07) is 4.51. The van der Waals surface area contributed by atoms with Gasteiger partial charge in [0, 0.05) is 6.61 Å². The second kappa shape index (κ2) is 5.47. The molecule has 94 valence electrons. The Bertz CT molecular complexity index is 373. The quantitative estimate of drug-likeness (QED) is 0.878. The molecule has 4 heteroatoms. The highest BCUT2D eigenvalue weighted by atomic mass is 19.1. The molecule has 0 spiro atoms. The first-order chi connectivity index (χ1) is 8.16. The van der Waals surface area contributed by atoms with Gasteiger partial charge in [0.05, 0.1) is 12.2 Å². The number of ether oxygens (including phenoxy) is 2. The summed E-state index contributed by atoms with van der Waals surface area (Å²) >= 11 is 0. The van der Waals surface area contributed by atoms with E-state index >= 15 is 0 Å². The second-order valence-electron chi connectivity index (χ2n) is 4.31. The normalized spacial score (nSPS) is 21.5. The monoisotopic (exact) mass is 240 g/mol. The Labute approximate surface area is 100 Å². The Hall–Kier alpha value is -1.13. The summed E-state index contributed by atoms with van der Waals surface area (Å²) in [5, 5.41) is 9.31. The number of aliphatic hydroxyl groups is 1. The van der Waals surface area contributed by atoms with Crippen molar-refractivity contribution in [3.8, 4) is 5.75 Å². The third-order valence-corrected chi connectivity index (χ3v) is 2.89. The number of rotatable bonds is 4. The standard InChI is InChI=1S/C13H17FO3/c1-9(15)10-4-5-13(12(14)7-10)17-8-11-3-2-6-16-11/h4-5,7,9,11,15H,2-3,6,8H2,1H3/t9-,11?/m1/s1. The van der Waals surface area contributed by atoms with E-state index in [4.69, 9.17) is 9.47 Å². The van der Waals surface area contributed by atoms with Crippen LogP contribution in [0.15, 0.2) is 18.2 Å². The van der Waals surface area contributed by atoms with E-state index in [-0.39, 0.29) is 11.9 Å². The fourth-order valence-electron chi connectivity index (χ4n) is 1.85. The molecule has 0 amide bonds. The zero-order chi connectivity index (χ0) is 12.3. The second-order valence-corrected chi connectivity index (χ2v) is 4.31. The number of hydrogen-bond acceptors (Lipinski definition) is 3. The number of benzene rings is 1. The average molecular weight is 240 g/mol. The van der Waals surface area contributed by atoms with Crippen LogP contribution < -0.4 is 4.74 Å². The van der Waals surface area contributed by atoms with E-state index in [2.05, 4.69) is 0 Å². The van der Waals surface area contributed by atoms with E-state index < -0.39 is 11.9 Å². The maximum Gasteiger partial charge on any atom is 0.165 e. The van der Waals surface area contributed by atoms with E-state index in [9.17, 15) is 9.50 Å². The molecule has 1 aromatic rings. The average Bonchev–Trinajstić information content (AvgIpc) is 2.80. The molecule has 1 saturated heterocycles. The van der Waals surface area contributed by atoms with Gasteiger partial charge in [-0.05, 0) is 37.5 Å². The van der Waals surface area contributed by atoms with Crippen LogP contribution in [0, 0.1) is 5.82 Å². The van der Waals surface area contributed by atoms with Gasteiger partial charge in [-0.3, -0.25) is 0 Å². The van der Waals surface area contributed by atoms with Gasteiger partial charge >= 0.3 is 0 Å². The van der Waals surface area contributed by atoms with Crippen LogP contribution >= 0.6 is 0 Å². The topological polar surface area (TPSA) is 38.7 Å². The Morgan fingerprint density at radius 3 is 3.00 bits per heavy atom. The highest BCUT2D eigenvalue weighted by Gasteiger charge is 2.17. The minimum absolute atomic E-state index is 0.0749. The van der Waals surface area contributed by atoms with Crippen LogP contribution in [-0.2, 0) is 4.74 Å². The van der Waals surface area contributed by atoms with Crippen molar-refractivity contribution in [2.75, 3.05) is 13.2 Å². The Morgan fingerprint density at radius 1 is 1.59 bits per heavy atom. The Morgan fingerprint density at radius 2 is 2.41 bits per heavy atom. The summed E-state index contributed by atoms with van der Waals surface area (Å²) in [6.45, 7) is 2.74. The molecule has 1 aromatic carbocycles. The van der Waals surface area contributed by atoms with E-state index in [0.29, 0.717) is 12.2 Å². The molecule has 2 atom stereocenters. The van der Waals surface area contributed by atoms with Gasteiger partial charge in [-0.2, -0.15) is 0 Å². The van der Waals surface area contributed by atoms with Crippen molar-refractivity contribution in [3.05, 3.63) is 29.6 Å². The van der Waals surface area contributed by atoms with Crippen LogP contribution in [0.5, 0.6) is 5.75 Å². The fourth-order valence-corrected chi connectivity index (χ4v) is 1.85. The molecular formula is C13H17FO3. The van der Waals surface area contributed by atoms with Crippen LogP contribution in [0.1, 0.15) is 31.4 Å². The molecule has 1 fully saturated rings. The summed E-state index contributed by atoms with van der Waals surface area (Å²) in [5.41, 5.74) is 0.548. The smallest absolute Gasteiger partial charge is 0.165 e. The molecule has 2 rings (SSSR count). The number of hydrogen-bond donors (Lipinski definition) is 1. The fraction of sp³-hybridized carbons (Fsp3) is 0.538. The van der Waals surface area contributed by atoms with Crippen molar-refractivity contribution in [1.29, 1.82) is 0 Å². The molecule has 0 aromatic heterocycles. The molecule has 1 unspecified atom stereocenters. The molecule has 1 aliphatic heterocycles. The highest BCUT2D eigenvalue weighted by Crippen LogP contribution is 2.23. The van der Waals surface area contributed by atoms with Crippen molar-refractivity contribution in [3.63, 3.8) is 0 Å². The number of aliphatic hydroxyl groups excluding tert-OH is 1. The molecule has 1 N–H and O–H groups in total. The molecule has 0 saturated carbocycles. The first-order valence-electron chi connectivity index (χ1n) is 5.88. The SMILES string of the molecule is C[C@@H](O)c1ccc(OCC2CCCO2)c(F)c1. The first-order valence-corrected chi connectivity index (χ1v) is 5.88. The molecule has 1 heterocycles. The van der Waals surface area contributed by atoms with Crippen LogP contribution in [-0.4, -0.2) is 24.4 Å². The molecule has 3 nitrogen and oxygen atoms in total. The summed E-state index contributed by atoms with van der Waals surface area (Å²) in [7, 11) is 0. The highest BCUT2D eigenvalue weighted by molar-refractivity contribution is 5.30. The zero-order valence-electron chi connectivity index (χ0n) is 9.86. The Balaban J connectivity index is 1.96. The van der Waals surface area contributed by atoms with Gasteiger partial charge in [-0.15, -0.1) is 0 Å². The van der Waals surface area contributed by atoms with E-state index in [1.54, 1.807) is 19.1 Å². The van der Waals surface area contributed by atoms with Crippen molar-refractivity contribution in [2.45, 2.75) is 32.0 Å². The van der Waals surface area contributed by atoms with E-state index in [1.165, 1.54) is 6.07 Å². The first kappa shape index (κ1) is 12.3. The summed E-state index contributed by atoms with van der Waals surface area (Å²) in [6.07, 6.45) is 1.41. The summed E-state index contributed by atoms with van der Waals surface area (Å²) < 4.78 is 24.4. The lowest BCUT2D eigenvalue weighted by atomic mass is 10.1. The third-order valence-electron chi connectivity index (χ3n) is 2.89. The van der Waals surface area contributed by atoms with Gasteiger partial charge in [0.25, 0.3) is 0 Å². The van der Waals surface area contributed by atoms with Gasteiger partial charge in [0.15, 0.2) is 11.6 Å². The van der Waals surface area contributed by atoms with Gasteiger partial charge in [0.1, 0.15) is 6.61 Å². The third kappa shape index (κ3) is 3.17. The predicted octanol–water partition coefficient (Wildman–Crippen LogP) is 2.44. The molecule has 0 bridgehead atoms. The molecule has 17 heavy (non-hydrogen) atoms. The number of halogens is 1. The van der Waals surface area contributed by atoms with Gasteiger partial charge < -0.3 is 14.6 Å². The molecule has 1 aliphatic rings. The lowest BCUT2D eigenvalue weighted by Crippen LogP contribution is -2.16. The zero-order valence-corrected chi connectivity index (χ0v) is 9.86. The van der Waals surface area contributed by atoms with Gasteiger partial charge in [-0.1, -0.05) is 6.07 Å². The van der Waals surface area contributed by atoms with Crippen molar-refractivity contribution < 1.29 is 19.0 Å². The van der Waals surface area contributed by atoms with Crippen LogP contribution in [0.3, 0.4) is 0 Å². The van der Waals surface area contributed by atoms with Crippen molar-refractivity contribution in [1.82, 2.24) is 0 Å². The molecule has 0 aliphatic carbocycles. The minimum Gasteiger partial charge on any atom is -0.488 e. The summed E-state index contributed by atoms with van der Waals surface area (Å²) in [5.74, 6) is -0.230. The molecule has 0 radical (unpaired) electrons. The maximum absolute atomic E-state index is 13.6. The Kier molecular flexibility index (Phi) is 3.97. The van der Waals surface area contributed by atoms with Crippen LogP contribution in [0.4, 0.5) is 4.39 Å². The summed E-state index contributed by atoms with van der Waals surface area (Å²) in [4.78, 5) is 0. The van der Waals surface area contributed by atoms with E-state index in [1.807, 2.05) is 0 Å². The minimum atomic E-state index is -0.670.